The van der Waals surface area contributed by atoms with E-state index in [1.807, 2.05) is 25.3 Å². The molecule has 1 nitrogen and oxygen atoms in total. The highest BCUT2D eigenvalue weighted by Gasteiger charge is 2.00. The Morgan fingerprint density at radius 2 is 2.00 bits per heavy atom. The van der Waals surface area contributed by atoms with Crippen molar-refractivity contribution in [2.45, 2.75) is 34.1 Å². The minimum Gasteiger partial charge on any atom is -0.376 e. The van der Waals surface area contributed by atoms with Gasteiger partial charge in [0.05, 0.1) is 6.61 Å². The van der Waals surface area contributed by atoms with Crippen LogP contribution in [0.4, 0.5) is 0 Å². The molecule has 0 amide bonds. The van der Waals surface area contributed by atoms with Crippen molar-refractivity contribution >= 4 is 11.8 Å². The highest BCUT2D eigenvalue weighted by Crippen LogP contribution is 2.16. The maximum absolute atomic E-state index is 5.57. The van der Waals surface area contributed by atoms with Crippen molar-refractivity contribution in [3.63, 3.8) is 0 Å². The molecule has 0 rings (SSSR count). The molecule has 0 aliphatic heterocycles. The van der Waals surface area contributed by atoms with E-state index in [2.05, 4.69) is 27.0 Å². The van der Waals surface area contributed by atoms with E-state index in [-0.39, 0.29) is 0 Å². The monoisotopic (exact) mass is 242 g/mol. The lowest BCUT2D eigenvalue weighted by molar-refractivity contribution is 0.126. The van der Waals surface area contributed by atoms with Gasteiger partial charge in [0.1, 0.15) is 0 Å². The van der Waals surface area contributed by atoms with Crippen LogP contribution in [0.5, 0.6) is 0 Å². The summed E-state index contributed by atoms with van der Waals surface area (Å²) in [5.74, 6) is 0.633. The lowest BCUT2D eigenvalue weighted by Gasteiger charge is -2.10. The summed E-state index contributed by atoms with van der Waals surface area (Å²) in [6, 6.07) is 0. The summed E-state index contributed by atoms with van der Waals surface area (Å²) in [7, 11) is 0. The minimum atomic E-state index is 0.633. The van der Waals surface area contributed by atoms with Crippen LogP contribution in [-0.2, 0) is 4.74 Å². The molecule has 94 valence electrons. The van der Waals surface area contributed by atoms with Gasteiger partial charge < -0.3 is 4.74 Å². The number of thioether (sulfide) groups is 1. The van der Waals surface area contributed by atoms with Gasteiger partial charge in [-0.1, -0.05) is 59.4 Å². The quantitative estimate of drug-likeness (QED) is 0.553. The Labute approximate surface area is 106 Å². The fourth-order valence-corrected chi connectivity index (χ4v) is 1.38. The molecule has 0 spiro atoms. The van der Waals surface area contributed by atoms with Crippen LogP contribution in [-0.4, -0.2) is 13.2 Å². The summed E-state index contributed by atoms with van der Waals surface area (Å²) in [6.45, 7) is 17.2. The first kappa shape index (κ1) is 17.9. The zero-order chi connectivity index (χ0) is 12.8. The van der Waals surface area contributed by atoms with Crippen LogP contribution in [0.25, 0.3) is 0 Å². The summed E-state index contributed by atoms with van der Waals surface area (Å²) < 4.78 is 5.57. The third-order valence-corrected chi connectivity index (χ3v) is 2.61. The smallest absolute Gasteiger partial charge is 0.0778 e. The van der Waals surface area contributed by atoms with Crippen molar-refractivity contribution in [2.75, 3.05) is 13.2 Å². The Hall–Kier alpha value is -0.470. The Morgan fingerprint density at radius 1 is 1.38 bits per heavy atom. The van der Waals surface area contributed by atoms with E-state index >= 15 is 0 Å². The van der Waals surface area contributed by atoms with Crippen LogP contribution in [0.15, 0.2) is 35.6 Å². The summed E-state index contributed by atoms with van der Waals surface area (Å²) in [4.78, 5) is 1.15. The molecular weight excluding hydrogens is 216 g/mol. The first-order valence-electron chi connectivity index (χ1n) is 5.91. The largest absolute Gasteiger partial charge is 0.376 e. The van der Waals surface area contributed by atoms with Gasteiger partial charge in [-0.25, -0.2) is 0 Å². The van der Waals surface area contributed by atoms with Gasteiger partial charge in [0.25, 0.3) is 0 Å². The van der Waals surface area contributed by atoms with Gasteiger partial charge in [-0.3, -0.25) is 0 Å². The van der Waals surface area contributed by atoms with E-state index < -0.39 is 0 Å². The average molecular weight is 242 g/mol. The molecule has 16 heavy (non-hydrogen) atoms. The van der Waals surface area contributed by atoms with Gasteiger partial charge in [0, 0.05) is 11.5 Å². The fourth-order valence-electron chi connectivity index (χ4n) is 0.838. The maximum atomic E-state index is 5.57. The average Bonchev–Trinajstić information content (AvgIpc) is 2.32. The van der Waals surface area contributed by atoms with Crippen LogP contribution in [0.2, 0.25) is 0 Å². The Balaban J connectivity index is 0. The summed E-state index contributed by atoms with van der Waals surface area (Å²) in [5, 5.41) is 1.81. The molecule has 0 aromatic rings. The zero-order valence-electron chi connectivity index (χ0n) is 11.2. The molecule has 0 aromatic carbocycles. The summed E-state index contributed by atoms with van der Waals surface area (Å²) >= 11 is 1.59. The normalized spacial score (nSPS) is 12.4. The number of ether oxygens (including phenoxy) is 1. The van der Waals surface area contributed by atoms with Crippen molar-refractivity contribution < 1.29 is 4.74 Å². The van der Waals surface area contributed by atoms with E-state index in [0.29, 0.717) is 12.5 Å². The number of allylic oxidation sites excluding steroid dienone is 2. The molecule has 0 aliphatic rings. The van der Waals surface area contributed by atoms with Gasteiger partial charge in [-0.2, -0.15) is 0 Å². The zero-order valence-corrected chi connectivity index (χ0v) is 12.0. The molecule has 0 aromatic heterocycles. The molecule has 1 atom stereocenters. The van der Waals surface area contributed by atoms with Crippen molar-refractivity contribution in [3.8, 4) is 0 Å². The topological polar surface area (TPSA) is 9.23 Å². The van der Waals surface area contributed by atoms with E-state index in [1.165, 1.54) is 0 Å². The first-order chi connectivity index (χ1) is 7.74. The molecule has 0 radical (unpaired) electrons. The molecule has 0 heterocycles. The van der Waals surface area contributed by atoms with E-state index in [1.54, 1.807) is 17.8 Å². The molecular formula is C14H26OS. The number of hydrogen-bond acceptors (Lipinski definition) is 2. The lowest BCUT2D eigenvalue weighted by Crippen LogP contribution is -2.06. The molecule has 0 N–H and O–H groups in total. The Kier molecular flexibility index (Phi) is 16.3. The SMILES string of the molecule is C=C/C=C(/COCC(C)CC)SC=C.CC. The molecule has 0 bridgehead atoms. The van der Waals surface area contributed by atoms with Crippen molar-refractivity contribution in [2.24, 2.45) is 5.92 Å². The molecule has 0 saturated heterocycles. The predicted octanol–water partition coefficient (Wildman–Crippen LogP) is 5.02. The molecule has 0 fully saturated rings. The van der Waals surface area contributed by atoms with Gasteiger partial charge in [-0.15, -0.1) is 11.8 Å². The van der Waals surface area contributed by atoms with E-state index in [9.17, 15) is 0 Å². The minimum absolute atomic E-state index is 0.633. The fraction of sp³-hybridized carbons (Fsp3) is 0.571. The summed E-state index contributed by atoms with van der Waals surface area (Å²) in [5.41, 5.74) is 0. The van der Waals surface area contributed by atoms with E-state index in [4.69, 9.17) is 4.74 Å². The number of rotatable bonds is 8. The lowest BCUT2D eigenvalue weighted by atomic mass is 10.1. The van der Waals surface area contributed by atoms with Crippen molar-refractivity contribution in [3.05, 3.63) is 35.6 Å². The van der Waals surface area contributed by atoms with E-state index in [0.717, 1.165) is 17.9 Å². The van der Waals surface area contributed by atoms with Crippen LogP contribution >= 0.6 is 11.8 Å². The molecule has 0 saturated carbocycles. The van der Waals surface area contributed by atoms with Crippen molar-refractivity contribution in [1.82, 2.24) is 0 Å². The first-order valence-corrected chi connectivity index (χ1v) is 6.79. The van der Waals surface area contributed by atoms with Crippen LogP contribution in [0, 0.1) is 5.92 Å². The second kappa shape index (κ2) is 14.5. The standard InChI is InChI=1S/C12H20OS.C2H6/c1-5-8-12(14-7-3)10-13-9-11(4)6-2;1-2/h5,7-8,11H,1,3,6,9-10H2,2,4H3;1-2H3/b12-8-;. The number of hydrogen-bond donors (Lipinski definition) is 0. The van der Waals surface area contributed by atoms with Crippen LogP contribution in [0.1, 0.15) is 34.1 Å². The molecule has 2 heteroatoms. The van der Waals surface area contributed by atoms with Gasteiger partial charge in [-0.05, 0) is 11.3 Å². The molecule has 0 aliphatic carbocycles. The van der Waals surface area contributed by atoms with Gasteiger partial charge in [0.2, 0.25) is 0 Å². The summed E-state index contributed by atoms with van der Waals surface area (Å²) in [6.07, 6.45) is 4.90. The highest BCUT2D eigenvalue weighted by atomic mass is 32.2. The van der Waals surface area contributed by atoms with Gasteiger partial charge in [0.15, 0.2) is 0 Å². The Morgan fingerprint density at radius 3 is 2.44 bits per heavy atom. The predicted molar refractivity (Wildman–Crippen MR) is 77.7 cm³/mol. The Bertz CT molecular complexity index is 197. The third kappa shape index (κ3) is 11.6. The van der Waals surface area contributed by atoms with Crippen LogP contribution < -0.4 is 0 Å². The third-order valence-electron chi connectivity index (χ3n) is 1.88. The van der Waals surface area contributed by atoms with Crippen molar-refractivity contribution in [1.29, 1.82) is 0 Å². The highest BCUT2D eigenvalue weighted by molar-refractivity contribution is 8.05. The second-order valence-corrected chi connectivity index (χ2v) is 4.28. The van der Waals surface area contributed by atoms with Gasteiger partial charge >= 0.3 is 0 Å². The van der Waals surface area contributed by atoms with Crippen LogP contribution in [0.3, 0.4) is 0 Å². The molecule has 1 unspecified atom stereocenters. The second-order valence-electron chi connectivity index (χ2n) is 3.18. The maximum Gasteiger partial charge on any atom is 0.0778 e.